The molecule has 3 aromatic rings. The van der Waals surface area contributed by atoms with E-state index in [1.807, 2.05) is 24.2 Å². The van der Waals surface area contributed by atoms with Crippen LogP contribution in [0.3, 0.4) is 0 Å². The molecule has 1 saturated carbocycles. The van der Waals surface area contributed by atoms with Crippen molar-refractivity contribution in [1.82, 2.24) is 24.2 Å². The molecule has 3 N–H and O–H groups in total. The third-order valence-electron chi connectivity index (χ3n) is 5.90. The van der Waals surface area contributed by atoms with Gasteiger partial charge in [-0.15, -0.1) is 0 Å². The fourth-order valence-electron chi connectivity index (χ4n) is 4.61. The number of hydrogen-bond donors (Lipinski definition) is 3. The van der Waals surface area contributed by atoms with Crippen LogP contribution in [0.5, 0.6) is 0 Å². The molecule has 0 unspecified atom stereocenters. The average molecular weight is 398 g/mol. The predicted octanol–water partition coefficient (Wildman–Crippen LogP) is 3.39. The zero-order valence-corrected chi connectivity index (χ0v) is 16.7. The maximum atomic E-state index is 12.5. The lowest BCUT2D eigenvalue weighted by molar-refractivity contribution is 0.218. The number of carbonyl (C=O) groups excluding carboxylic acids is 1. The first kappa shape index (κ1) is 17.4. The topological polar surface area (TPSA) is 98.8 Å². The van der Waals surface area contributed by atoms with Crippen molar-refractivity contribution < 1.29 is 4.79 Å². The highest BCUT2D eigenvalue weighted by atomic mass is 32.1. The van der Waals surface area contributed by atoms with Crippen LogP contribution in [0.15, 0.2) is 18.5 Å². The van der Waals surface area contributed by atoms with Crippen molar-refractivity contribution in [3.63, 3.8) is 0 Å². The van der Waals surface area contributed by atoms with Crippen LogP contribution in [0.4, 0.5) is 15.6 Å². The van der Waals surface area contributed by atoms with Gasteiger partial charge in [0.15, 0.2) is 0 Å². The van der Waals surface area contributed by atoms with Gasteiger partial charge in [0.25, 0.3) is 0 Å². The minimum absolute atomic E-state index is 0.0610. The number of hydrogen-bond acceptors (Lipinski definition) is 6. The number of urea groups is 1. The van der Waals surface area contributed by atoms with Gasteiger partial charge in [0.2, 0.25) is 5.13 Å². The van der Waals surface area contributed by atoms with Crippen molar-refractivity contribution in [3.05, 3.63) is 29.8 Å². The first-order valence-electron chi connectivity index (χ1n) is 9.62. The standard InChI is InChI=1S/C19H23N7OS/c1-10-7-21-17-15(3-4-20-17)16(10)23-14-5-12-8-26(9-13(12)6-14)19(27)24-18-22-11(2)25-28-18/h3-4,7,12-14H,5-6,8-9H2,1-2H3,(H2,20,21,23)(H,22,24,25,27)/t12-,13+,14-. The van der Waals surface area contributed by atoms with Gasteiger partial charge < -0.3 is 15.2 Å². The largest absolute Gasteiger partial charge is 0.381 e. The van der Waals surface area contributed by atoms with E-state index in [1.54, 1.807) is 0 Å². The molecule has 0 spiro atoms. The molecule has 1 aliphatic heterocycles. The van der Waals surface area contributed by atoms with Crippen LogP contribution in [0.2, 0.25) is 0 Å². The number of aromatic amines is 1. The summed E-state index contributed by atoms with van der Waals surface area (Å²) in [6, 6.07) is 2.45. The number of nitrogens with zero attached hydrogens (tertiary/aromatic N) is 4. The van der Waals surface area contributed by atoms with E-state index in [4.69, 9.17) is 0 Å². The fraction of sp³-hybridized carbons (Fsp3) is 0.474. The van der Waals surface area contributed by atoms with Crippen molar-refractivity contribution in [3.8, 4) is 0 Å². The van der Waals surface area contributed by atoms with E-state index in [9.17, 15) is 4.79 Å². The van der Waals surface area contributed by atoms with Gasteiger partial charge in [-0.2, -0.15) is 4.37 Å². The van der Waals surface area contributed by atoms with E-state index in [-0.39, 0.29) is 6.03 Å². The van der Waals surface area contributed by atoms with E-state index in [2.05, 4.69) is 42.9 Å². The summed E-state index contributed by atoms with van der Waals surface area (Å²) < 4.78 is 4.11. The Kier molecular flexibility index (Phi) is 4.19. The number of amides is 2. The van der Waals surface area contributed by atoms with Crippen molar-refractivity contribution in [1.29, 1.82) is 0 Å². The molecule has 2 fully saturated rings. The van der Waals surface area contributed by atoms with Crippen LogP contribution in [-0.2, 0) is 0 Å². The molecule has 1 saturated heterocycles. The molecule has 9 heteroatoms. The SMILES string of the molecule is Cc1nsc(NC(=O)N2C[C@H]3C[C@@H](Nc4c(C)cnc5[nH]ccc45)C[C@H]3C2)n1. The van der Waals surface area contributed by atoms with Gasteiger partial charge in [-0.1, -0.05) is 0 Å². The zero-order valence-electron chi connectivity index (χ0n) is 15.9. The van der Waals surface area contributed by atoms with E-state index in [0.29, 0.717) is 28.8 Å². The number of aromatic nitrogens is 4. The third kappa shape index (κ3) is 3.09. The van der Waals surface area contributed by atoms with Crippen molar-refractivity contribution in [2.75, 3.05) is 23.7 Å². The Morgan fingerprint density at radius 2 is 2.07 bits per heavy atom. The van der Waals surface area contributed by atoms with Gasteiger partial charge in [-0.3, -0.25) is 5.32 Å². The molecule has 0 radical (unpaired) electrons. The number of rotatable bonds is 3. The summed E-state index contributed by atoms with van der Waals surface area (Å²) in [7, 11) is 0. The molecule has 2 amide bonds. The number of anilines is 2. The predicted molar refractivity (Wildman–Crippen MR) is 110 cm³/mol. The van der Waals surface area contributed by atoms with E-state index in [1.165, 1.54) is 17.2 Å². The van der Waals surface area contributed by atoms with Crippen molar-refractivity contribution >= 4 is 39.4 Å². The van der Waals surface area contributed by atoms with Crippen LogP contribution in [0.1, 0.15) is 24.2 Å². The quantitative estimate of drug-likeness (QED) is 0.629. The lowest BCUT2D eigenvalue weighted by Crippen LogP contribution is -2.34. The maximum Gasteiger partial charge on any atom is 0.323 e. The summed E-state index contributed by atoms with van der Waals surface area (Å²) in [6.45, 7) is 5.53. The van der Waals surface area contributed by atoms with Crippen LogP contribution < -0.4 is 10.6 Å². The maximum absolute atomic E-state index is 12.5. The molecule has 0 bridgehead atoms. The molecule has 5 rings (SSSR count). The van der Waals surface area contributed by atoms with E-state index in [0.717, 1.165) is 42.5 Å². The number of pyridine rings is 1. The smallest absolute Gasteiger partial charge is 0.323 e. The Bertz CT molecular complexity index is 1010. The number of nitrogens with one attached hydrogen (secondary N) is 3. The summed E-state index contributed by atoms with van der Waals surface area (Å²) in [4.78, 5) is 26.3. The first-order chi connectivity index (χ1) is 13.6. The summed E-state index contributed by atoms with van der Waals surface area (Å²) in [6.07, 6.45) is 6.01. The second-order valence-corrected chi connectivity index (χ2v) is 8.62. The van der Waals surface area contributed by atoms with Crippen LogP contribution in [0, 0.1) is 25.7 Å². The molecule has 3 aromatic heterocycles. The van der Waals surface area contributed by atoms with Gasteiger partial charge in [-0.25, -0.2) is 14.8 Å². The first-order valence-corrected chi connectivity index (χ1v) is 10.4. The number of carbonyl (C=O) groups is 1. The molecule has 28 heavy (non-hydrogen) atoms. The summed E-state index contributed by atoms with van der Waals surface area (Å²) in [5.41, 5.74) is 3.26. The molecule has 3 atom stereocenters. The van der Waals surface area contributed by atoms with Crippen LogP contribution >= 0.6 is 11.5 Å². The second kappa shape index (κ2) is 6.73. The van der Waals surface area contributed by atoms with Crippen LogP contribution in [0.25, 0.3) is 11.0 Å². The van der Waals surface area contributed by atoms with Crippen molar-refractivity contribution in [2.24, 2.45) is 11.8 Å². The van der Waals surface area contributed by atoms with E-state index < -0.39 is 0 Å². The number of H-pyrrole nitrogens is 1. The molecule has 8 nitrogen and oxygen atoms in total. The number of aryl methyl sites for hydroxylation is 2. The second-order valence-electron chi connectivity index (χ2n) is 7.87. The molecule has 4 heterocycles. The summed E-state index contributed by atoms with van der Waals surface area (Å²) >= 11 is 1.23. The third-order valence-corrected chi connectivity index (χ3v) is 6.63. The Labute approximate surface area is 166 Å². The monoisotopic (exact) mass is 397 g/mol. The fourth-order valence-corrected chi connectivity index (χ4v) is 5.17. The molecule has 146 valence electrons. The summed E-state index contributed by atoms with van der Waals surface area (Å²) in [5.74, 6) is 1.78. The molecule has 1 aliphatic carbocycles. The minimum Gasteiger partial charge on any atom is -0.381 e. The van der Waals surface area contributed by atoms with Gasteiger partial charge in [0.1, 0.15) is 11.5 Å². The highest BCUT2D eigenvalue weighted by Crippen LogP contribution is 2.40. The van der Waals surface area contributed by atoms with Crippen molar-refractivity contribution in [2.45, 2.75) is 32.7 Å². The average Bonchev–Trinajstić information content (AvgIpc) is 3.41. The Morgan fingerprint density at radius 1 is 1.29 bits per heavy atom. The molecular formula is C19H23N7OS. The Morgan fingerprint density at radius 3 is 2.79 bits per heavy atom. The van der Waals surface area contributed by atoms with Gasteiger partial charge in [-0.05, 0) is 50.2 Å². The highest BCUT2D eigenvalue weighted by molar-refractivity contribution is 7.09. The highest BCUT2D eigenvalue weighted by Gasteiger charge is 2.42. The number of likely N-dealkylation sites (tertiary alicyclic amines) is 1. The molecular weight excluding hydrogens is 374 g/mol. The molecule has 2 aliphatic rings. The normalized spacial score (nSPS) is 23.9. The Balaban J connectivity index is 1.22. The molecule has 0 aromatic carbocycles. The van der Waals surface area contributed by atoms with Gasteiger partial charge in [0, 0.05) is 54.1 Å². The summed E-state index contributed by atoms with van der Waals surface area (Å²) in [5, 5.41) is 8.35. The lowest BCUT2D eigenvalue weighted by atomic mass is 10.0. The van der Waals surface area contributed by atoms with Gasteiger partial charge >= 0.3 is 6.03 Å². The van der Waals surface area contributed by atoms with E-state index >= 15 is 0 Å². The van der Waals surface area contributed by atoms with Gasteiger partial charge in [0.05, 0.1) is 0 Å². The van der Waals surface area contributed by atoms with Crippen LogP contribution in [-0.4, -0.2) is 49.4 Å². The zero-order chi connectivity index (χ0) is 19.3. The lowest BCUT2D eigenvalue weighted by Gasteiger charge is -2.21. The number of fused-ring (bicyclic) bond motifs is 2. The Hall–Kier alpha value is -2.68. The minimum atomic E-state index is -0.0610.